The number of carbonyl (C=O) groups excluding carboxylic acids is 1. The van der Waals surface area contributed by atoms with Crippen LogP contribution in [0.4, 0.5) is 0 Å². The minimum atomic E-state index is 0.144. The van der Waals surface area contributed by atoms with Crippen molar-refractivity contribution in [2.24, 2.45) is 5.92 Å². The number of likely N-dealkylation sites (tertiary alicyclic amines) is 1. The number of thiophene rings is 1. The summed E-state index contributed by atoms with van der Waals surface area (Å²) >= 11 is 7.78. The minimum Gasteiger partial charge on any atom is -0.359 e. The molecule has 0 aliphatic carbocycles. The summed E-state index contributed by atoms with van der Waals surface area (Å²) in [7, 11) is 1.69. The molecule has 0 spiro atoms. The maximum Gasteiger partial charge on any atom is 0.220 e. The van der Waals surface area contributed by atoms with Crippen LogP contribution in [0.5, 0.6) is 0 Å². The van der Waals surface area contributed by atoms with E-state index in [1.54, 1.807) is 18.4 Å². The van der Waals surface area contributed by atoms with Gasteiger partial charge in [0.1, 0.15) is 0 Å². The fourth-order valence-corrected chi connectivity index (χ4v) is 3.37. The van der Waals surface area contributed by atoms with Gasteiger partial charge in [0, 0.05) is 31.4 Å². The molecule has 3 nitrogen and oxygen atoms in total. The van der Waals surface area contributed by atoms with E-state index in [-0.39, 0.29) is 5.91 Å². The molecule has 0 radical (unpaired) electrons. The number of nitrogens with zero attached hydrogens (tertiary/aromatic N) is 1. The Balaban J connectivity index is 1.82. The summed E-state index contributed by atoms with van der Waals surface area (Å²) in [6.45, 7) is 2.98. The Labute approximate surface area is 111 Å². The lowest BCUT2D eigenvalue weighted by Crippen LogP contribution is -2.24. The Bertz CT molecular complexity index is 394. The third-order valence-electron chi connectivity index (χ3n) is 3.18. The van der Waals surface area contributed by atoms with E-state index in [9.17, 15) is 4.79 Å². The van der Waals surface area contributed by atoms with Crippen LogP contribution in [0.3, 0.4) is 0 Å². The predicted molar refractivity (Wildman–Crippen MR) is 71.4 cm³/mol. The Kier molecular flexibility index (Phi) is 4.42. The van der Waals surface area contributed by atoms with Gasteiger partial charge in [0.2, 0.25) is 5.91 Å². The van der Waals surface area contributed by atoms with E-state index < -0.39 is 0 Å². The van der Waals surface area contributed by atoms with Gasteiger partial charge in [-0.05, 0) is 30.3 Å². The summed E-state index contributed by atoms with van der Waals surface area (Å²) in [5.74, 6) is 0.639. The number of rotatable bonds is 4. The van der Waals surface area contributed by atoms with Gasteiger partial charge in [0.25, 0.3) is 0 Å². The standard InChI is InChI=1S/C12H17ClN2OS/c1-14-12(16)6-9-2-4-15(7-9)8-11-10(13)3-5-17-11/h3,5,9H,2,4,6-8H2,1H3,(H,14,16)/t9-/m1/s1. The second-order valence-corrected chi connectivity index (χ2v) is 5.87. The molecule has 1 amide bonds. The molecule has 0 aromatic carbocycles. The molecule has 2 rings (SSSR count). The molecule has 94 valence electrons. The zero-order valence-corrected chi connectivity index (χ0v) is 11.5. The molecule has 1 atom stereocenters. The van der Waals surface area contributed by atoms with Crippen molar-refractivity contribution in [2.45, 2.75) is 19.4 Å². The third-order valence-corrected chi connectivity index (χ3v) is 4.55. The van der Waals surface area contributed by atoms with E-state index in [0.717, 1.165) is 31.1 Å². The van der Waals surface area contributed by atoms with Gasteiger partial charge in [-0.2, -0.15) is 0 Å². The molecule has 1 aromatic heterocycles. The van der Waals surface area contributed by atoms with E-state index in [0.29, 0.717) is 12.3 Å². The second kappa shape index (κ2) is 5.85. The first-order chi connectivity index (χ1) is 8.19. The topological polar surface area (TPSA) is 32.3 Å². The number of hydrogen-bond acceptors (Lipinski definition) is 3. The summed E-state index contributed by atoms with van der Waals surface area (Å²) in [5.41, 5.74) is 0. The molecule has 1 aromatic rings. The molecule has 17 heavy (non-hydrogen) atoms. The molecule has 1 aliphatic rings. The third kappa shape index (κ3) is 3.44. The SMILES string of the molecule is CNC(=O)C[C@H]1CCN(Cc2sccc2Cl)C1. The average molecular weight is 273 g/mol. The molecular weight excluding hydrogens is 256 g/mol. The van der Waals surface area contributed by atoms with Crippen molar-refractivity contribution in [1.29, 1.82) is 0 Å². The van der Waals surface area contributed by atoms with E-state index in [1.165, 1.54) is 4.88 Å². The number of amides is 1. The predicted octanol–water partition coefficient (Wildman–Crippen LogP) is 2.36. The van der Waals surface area contributed by atoms with Crippen molar-refractivity contribution in [3.8, 4) is 0 Å². The first kappa shape index (κ1) is 12.9. The van der Waals surface area contributed by atoms with Crippen LogP contribution in [-0.4, -0.2) is 30.9 Å². The number of halogens is 1. The summed E-state index contributed by atoms with van der Waals surface area (Å²) in [4.78, 5) is 14.9. The smallest absolute Gasteiger partial charge is 0.220 e. The van der Waals surface area contributed by atoms with Gasteiger partial charge in [-0.15, -0.1) is 11.3 Å². The van der Waals surface area contributed by atoms with Gasteiger partial charge < -0.3 is 5.32 Å². The van der Waals surface area contributed by atoms with Crippen molar-refractivity contribution < 1.29 is 4.79 Å². The number of nitrogens with one attached hydrogen (secondary N) is 1. The first-order valence-electron chi connectivity index (χ1n) is 5.84. The Morgan fingerprint density at radius 1 is 1.71 bits per heavy atom. The quantitative estimate of drug-likeness (QED) is 0.913. The molecule has 1 saturated heterocycles. The van der Waals surface area contributed by atoms with Crippen LogP contribution in [0, 0.1) is 5.92 Å². The van der Waals surface area contributed by atoms with Crippen LogP contribution in [0.1, 0.15) is 17.7 Å². The van der Waals surface area contributed by atoms with Crippen molar-refractivity contribution in [3.05, 3.63) is 21.3 Å². The van der Waals surface area contributed by atoms with Gasteiger partial charge >= 0.3 is 0 Å². The molecular formula is C12H17ClN2OS. The summed E-state index contributed by atoms with van der Waals surface area (Å²) in [6, 6.07) is 1.94. The van der Waals surface area contributed by atoms with Crippen LogP contribution in [-0.2, 0) is 11.3 Å². The van der Waals surface area contributed by atoms with Crippen molar-refractivity contribution >= 4 is 28.8 Å². The van der Waals surface area contributed by atoms with Crippen molar-refractivity contribution in [3.63, 3.8) is 0 Å². The normalized spacial score (nSPS) is 20.7. The molecule has 1 aliphatic heterocycles. The Morgan fingerprint density at radius 3 is 3.18 bits per heavy atom. The summed E-state index contributed by atoms with van der Waals surface area (Å²) < 4.78 is 0. The molecule has 0 bridgehead atoms. The fraction of sp³-hybridized carbons (Fsp3) is 0.583. The number of carbonyl (C=O) groups is 1. The van der Waals surface area contributed by atoms with E-state index >= 15 is 0 Å². The van der Waals surface area contributed by atoms with Gasteiger partial charge in [-0.3, -0.25) is 9.69 Å². The fourth-order valence-electron chi connectivity index (χ4n) is 2.23. The number of hydrogen-bond donors (Lipinski definition) is 1. The maximum atomic E-state index is 11.3. The molecule has 0 saturated carbocycles. The lowest BCUT2D eigenvalue weighted by molar-refractivity contribution is -0.121. The zero-order valence-electron chi connectivity index (χ0n) is 9.91. The van der Waals surface area contributed by atoms with E-state index in [1.807, 2.05) is 11.4 Å². The minimum absolute atomic E-state index is 0.144. The Hall–Kier alpha value is -0.580. The van der Waals surface area contributed by atoms with E-state index in [4.69, 9.17) is 11.6 Å². The second-order valence-electron chi connectivity index (χ2n) is 4.46. The highest BCUT2D eigenvalue weighted by Crippen LogP contribution is 2.27. The van der Waals surface area contributed by atoms with Crippen molar-refractivity contribution in [1.82, 2.24) is 10.2 Å². The average Bonchev–Trinajstić information content (AvgIpc) is 2.90. The summed E-state index contributed by atoms with van der Waals surface area (Å²) in [6.07, 6.45) is 1.75. The van der Waals surface area contributed by atoms with Gasteiger partial charge in [-0.25, -0.2) is 0 Å². The maximum absolute atomic E-state index is 11.3. The van der Waals surface area contributed by atoms with Crippen LogP contribution in [0.15, 0.2) is 11.4 Å². The van der Waals surface area contributed by atoms with Gasteiger partial charge in [0.15, 0.2) is 0 Å². The Morgan fingerprint density at radius 2 is 2.53 bits per heavy atom. The van der Waals surface area contributed by atoms with Crippen LogP contribution >= 0.6 is 22.9 Å². The van der Waals surface area contributed by atoms with Crippen LogP contribution < -0.4 is 5.32 Å². The van der Waals surface area contributed by atoms with Gasteiger partial charge in [0.05, 0.1) is 5.02 Å². The summed E-state index contributed by atoms with van der Waals surface area (Å²) in [5, 5.41) is 5.57. The largest absolute Gasteiger partial charge is 0.359 e. The lowest BCUT2D eigenvalue weighted by atomic mass is 10.1. The highest BCUT2D eigenvalue weighted by molar-refractivity contribution is 7.10. The molecule has 5 heteroatoms. The monoisotopic (exact) mass is 272 g/mol. The van der Waals surface area contributed by atoms with E-state index in [2.05, 4.69) is 10.2 Å². The lowest BCUT2D eigenvalue weighted by Gasteiger charge is -2.15. The van der Waals surface area contributed by atoms with Crippen LogP contribution in [0.25, 0.3) is 0 Å². The van der Waals surface area contributed by atoms with Gasteiger partial charge in [-0.1, -0.05) is 11.6 Å². The zero-order chi connectivity index (χ0) is 12.3. The highest BCUT2D eigenvalue weighted by Gasteiger charge is 2.24. The molecule has 1 N–H and O–H groups in total. The molecule has 1 fully saturated rings. The molecule has 2 heterocycles. The highest BCUT2D eigenvalue weighted by atomic mass is 35.5. The molecule has 0 unspecified atom stereocenters. The van der Waals surface area contributed by atoms with Crippen molar-refractivity contribution in [2.75, 3.05) is 20.1 Å². The first-order valence-corrected chi connectivity index (χ1v) is 7.09. The van der Waals surface area contributed by atoms with Crippen LogP contribution in [0.2, 0.25) is 5.02 Å².